The Morgan fingerprint density at radius 2 is 1.43 bits per heavy atom. The minimum Gasteiger partial charge on any atom is -0.478 e. The lowest BCUT2D eigenvalue weighted by atomic mass is 10.2. The highest BCUT2D eigenvalue weighted by molar-refractivity contribution is 5.87. The molecule has 5 nitrogen and oxygen atoms in total. The van der Waals surface area contributed by atoms with Crippen molar-refractivity contribution in [1.82, 2.24) is 0 Å². The van der Waals surface area contributed by atoms with Crippen molar-refractivity contribution in [3.63, 3.8) is 0 Å². The summed E-state index contributed by atoms with van der Waals surface area (Å²) < 4.78 is 44.0. The van der Waals surface area contributed by atoms with Crippen LogP contribution in [-0.2, 0) is 6.18 Å². The lowest BCUT2D eigenvalue weighted by Gasteiger charge is -2.14. The topological polar surface area (TPSA) is 70.6 Å². The maximum atomic E-state index is 12.8. The summed E-state index contributed by atoms with van der Waals surface area (Å²) >= 11 is 0. The third kappa shape index (κ3) is 5.54. The third-order valence-corrected chi connectivity index (χ3v) is 3.97. The molecule has 3 N–H and O–H groups in total. The van der Waals surface area contributed by atoms with Crippen LogP contribution in [0.3, 0.4) is 0 Å². The van der Waals surface area contributed by atoms with Gasteiger partial charge in [0.2, 0.25) is 0 Å². The van der Waals surface area contributed by atoms with E-state index in [4.69, 9.17) is 9.84 Å². The minimum absolute atomic E-state index is 0.161. The number of nitrogens with one attached hydrogen (secondary N) is 2. The van der Waals surface area contributed by atoms with Gasteiger partial charge in [0.15, 0.2) is 0 Å². The van der Waals surface area contributed by atoms with Crippen molar-refractivity contribution >= 4 is 17.3 Å². The van der Waals surface area contributed by atoms with Crippen LogP contribution in [0.4, 0.5) is 24.5 Å². The molecule has 0 aliphatic heterocycles. The van der Waals surface area contributed by atoms with Crippen molar-refractivity contribution in [2.75, 3.05) is 10.6 Å². The van der Waals surface area contributed by atoms with E-state index in [2.05, 4.69) is 17.2 Å². The molecule has 0 aromatic heterocycles. The van der Waals surface area contributed by atoms with Gasteiger partial charge in [0.25, 0.3) is 0 Å². The summed E-state index contributed by atoms with van der Waals surface area (Å²) in [4.78, 5) is 10.9. The Labute approximate surface area is 170 Å². The number of carboxylic acid groups (broad SMARTS) is 1. The van der Waals surface area contributed by atoms with Crippen molar-refractivity contribution < 1.29 is 27.8 Å². The summed E-state index contributed by atoms with van der Waals surface area (Å²) in [6, 6.07) is 17.6. The fourth-order valence-corrected chi connectivity index (χ4v) is 2.56. The highest BCUT2D eigenvalue weighted by Crippen LogP contribution is 2.31. The number of rotatable bonds is 7. The van der Waals surface area contributed by atoms with E-state index in [0.717, 1.165) is 12.1 Å². The van der Waals surface area contributed by atoms with E-state index >= 15 is 0 Å². The Balaban J connectivity index is 1.59. The molecule has 0 amide bonds. The van der Waals surface area contributed by atoms with Crippen LogP contribution in [0.1, 0.15) is 15.9 Å². The van der Waals surface area contributed by atoms with Crippen molar-refractivity contribution in [2.24, 2.45) is 0 Å². The summed E-state index contributed by atoms with van der Waals surface area (Å²) in [6.45, 7) is 3.77. The van der Waals surface area contributed by atoms with Crippen LogP contribution < -0.4 is 15.4 Å². The van der Waals surface area contributed by atoms with Crippen LogP contribution in [0.2, 0.25) is 0 Å². The SMILES string of the molecule is C=C(Nc1ccc(Oc2ccc(C(=O)O)cc2)cc1)Nc1cccc(C(F)(F)F)c1. The summed E-state index contributed by atoms with van der Waals surface area (Å²) in [5.74, 6) is 0.291. The Morgan fingerprint density at radius 3 is 2.00 bits per heavy atom. The molecule has 0 fully saturated rings. The molecular formula is C22H17F3N2O3. The molecule has 0 aliphatic carbocycles. The second-order valence-electron chi connectivity index (χ2n) is 6.26. The van der Waals surface area contributed by atoms with Gasteiger partial charge in [0.1, 0.15) is 17.3 Å². The van der Waals surface area contributed by atoms with Crippen molar-refractivity contribution in [1.29, 1.82) is 0 Å². The smallest absolute Gasteiger partial charge is 0.416 e. The molecule has 30 heavy (non-hydrogen) atoms. The zero-order valence-corrected chi connectivity index (χ0v) is 15.5. The number of carbonyl (C=O) groups is 1. The Hall–Kier alpha value is -3.94. The van der Waals surface area contributed by atoms with Crippen LogP contribution in [-0.4, -0.2) is 11.1 Å². The molecule has 0 heterocycles. The molecule has 0 radical (unpaired) electrons. The first kappa shape index (κ1) is 20.8. The van der Waals surface area contributed by atoms with Crippen LogP contribution in [0, 0.1) is 0 Å². The van der Waals surface area contributed by atoms with Gasteiger partial charge in [-0.05, 0) is 66.7 Å². The first-order valence-corrected chi connectivity index (χ1v) is 8.72. The van der Waals surface area contributed by atoms with Crippen molar-refractivity contribution in [3.05, 3.63) is 96.3 Å². The molecule has 0 aliphatic rings. The maximum absolute atomic E-state index is 12.8. The standard InChI is InChI=1S/C22H17F3N2O3/c1-14(27-18-4-2-3-16(13-18)22(23,24)25)26-17-7-11-20(12-8-17)30-19-9-5-15(6-10-19)21(28)29/h2-13,26-27H,1H2,(H,28,29). The normalized spacial score (nSPS) is 10.9. The maximum Gasteiger partial charge on any atom is 0.416 e. The van der Waals surface area contributed by atoms with Gasteiger partial charge in [0, 0.05) is 11.4 Å². The summed E-state index contributed by atoms with van der Waals surface area (Å²) in [5, 5.41) is 14.6. The van der Waals surface area contributed by atoms with Crippen LogP contribution >= 0.6 is 0 Å². The number of ether oxygens (including phenoxy) is 1. The number of halogens is 3. The van der Waals surface area contributed by atoms with Crippen LogP contribution in [0.25, 0.3) is 0 Å². The van der Waals surface area contributed by atoms with E-state index in [0.29, 0.717) is 23.0 Å². The molecule has 3 aromatic carbocycles. The fourth-order valence-electron chi connectivity index (χ4n) is 2.56. The summed E-state index contributed by atoms with van der Waals surface area (Å²) in [7, 11) is 0. The van der Waals surface area contributed by atoms with E-state index < -0.39 is 17.7 Å². The number of hydrogen-bond donors (Lipinski definition) is 3. The predicted octanol–water partition coefficient (Wildman–Crippen LogP) is 6.19. The molecule has 8 heteroatoms. The average molecular weight is 414 g/mol. The lowest BCUT2D eigenvalue weighted by molar-refractivity contribution is -0.137. The Bertz CT molecular complexity index is 1050. The van der Waals surface area contributed by atoms with Gasteiger partial charge >= 0.3 is 12.1 Å². The van der Waals surface area contributed by atoms with Gasteiger partial charge in [-0.15, -0.1) is 0 Å². The van der Waals surface area contributed by atoms with E-state index in [1.54, 1.807) is 36.4 Å². The average Bonchev–Trinajstić information content (AvgIpc) is 2.69. The Morgan fingerprint density at radius 1 is 0.867 bits per heavy atom. The number of anilines is 2. The first-order chi connectivity index (χ1) is 14.2. The van der Waals surface area contributed by atoms with Crippen LogP contribution in [0.15, 0.2) is 85.2 Å². The highest BCUT2D eigenvalue weighted by Gasteiger charge is 2.30. The fraction of sp³-hybridized carbons (Fsp3) is 0.0455. The highest BCUT2D eigenvalue weighted by atomic mass is 19.4. The Kier molecular flexibility index (Phi) is 5.96. The second-order valence-corrected chi connectivity index (χ2v) is 6.26. The molecule has 0 spiro atoms. The third-order valence-electron chi connectivity index (χ3n) is 3.97. The molecule has 0 saturated heterocycles. The van der Waals surface area contributed by atoms with Gasteiger partial charge in [-0.1, -0.05) is 12.6 Å². The molecular weight excluding hydrogens is 397 g/mol. The van der Waals surface area contributed by atoms with Crippen molar-refractivity contribution in [3.8, 4) is 11.5 Å². The summed E-state index contributed by atoms with van der Waals surface area (Å²) in [6.07, 6.45) is -4.42. The van der Waals surface area contributed by atoms with Gasteiger partial charge in [-0.2, -0.15) is 13.2 Å². The first-order valence-electron chi connectivity index (χ1n) is 8.72. The second kappa shape index (κ2) is 8.60. The number of alkyl halides is 3. The molecule has 0 saturated carbocycles. The lowest BCUT2D eigenvalue weighted by Crippen LogP contribution is -2.10. The van der Waals surface area contributed by atoms with Crippen molar-refractivity contribution in [2.45, 2.75) is 6.18 Å². The quantitative estimate of drug-likeness (QED) is 0.430. The monoisotopic (exact) mass is 414 g/mol. The van der Waals surface area contributed by atoms with Gasteiger partial charge < -0.3 is 20.5 Å². The van der Waals surface area contributed by atoms with Gasteiger partial charge in [-0.25, -0.2) is 4.79 Å². The molecule has 0 unspecified atom stereocenters. The number of benzene rings is 3. The molecule has 154 valence electrons. The molecule has 3 rings (SSSR count). The number of hydrogen-bond acceptors (Lipinski definition) is 4. The predicted molar refractivity (Wildman–Crippen MR) is 108 cm³/mol. The minimum atomic E-state index is -4.42. The number of carboxylic acids is 1. The van der Waals surface area contributed by atoms with E-state index in [-0.39, 0.29) is 11.3 Å². The molecule has 0 bridgehead atoms. The summed E-state index contributed by atoms with van der Waals surface area (Å²) in [5.41, 5.74) is 0.312. The zero-order valence-electron chi connectivity index (χ0n) is 15.5. The zero-order chi connectivity index (χ0) is 21.7. The van der Waals surface area contributed by atoms with E-state index in [1.165, 1.54) is 24.3 Å². The van der Waals surface area contributed by atoms with E-state index in [1.807, 2.05) is 0 Å². The van der Waals surface area contributed by atoms with E-state index in [9.17, 15) is 18.0 Å². The molecule has 0 atom stereocenters. The molecule has 3 aromatic rings. The number of aromatic carboxylic acids is 1. The van der Waals surface area contributed by atoms with Gasteiger partial charge in [-0.3, -0.25) is 0 Å². The van der Waals surface area contributed by atoms with Gasteiger partial charge in [0.05, 0.1) is 11.1 Å². The van der Waals surface area contributed by atoms with Crippen LogP contribution in [0.5, 0.6) is 11.5 Å². The largest absolute Gasteiger partial charge is 0.478 e.